The van der Waals surface area contributed by atoms with Crippen molar-refractivity contribution in [2.24, 2.45) is 7.05 Å². The number of aromatic nitrogens is 2. The second-order valence-corrected chi connectivity index (χ2v) is 9.31. The maximum Gasteiger partial charge on any atom is 0.244 e. The van der Waals surface area contributed by atoms with Crippen molar-refractivity contribution in [2.45, 2.75) is 39.0 Å². The van der Waals surface area contributed by atoms with Gasteiger partial charge in [0.05, 0.1) is 24.5 Å². The molecule has 0 spiro atoms. The highest BCUT2D eigenvalue weighted by molar-refractivity contribution is 6.31. The summed E-state index contributed by atoms with van der Waals surface area (Å²) in [6.07, 6.45) is 5.28. The third-order valence-corrected chi connectivity index (χ3v) is 6.26. The molecule has 2 heterocycles. The monoisotopic (exact) mass is 510 g/mol. The molecule has 0 fully saturated rings. The molecule has 1 aromatic heterocycles. The Kier molecular flexibility index (Phi) is 8.48. The standard InChI is InChI=1S/C27H31ClN4O4/c1-19-20(17-31(2)30-19)10-13-27(34)32-14-6-3-7-15-35-24-8-4-5-9-25(24)36-23-12-11-21(28)16-22(23)29-26(33)18-32/h4-5,8-9,11-12,16-17H,3,6-7,10,13-15,18H2,1-2H3,(H,29,33). The van der Waals surface area contributed by atoms with Crippen molar-refractivity contribution in [2.75, 3.05) is 25.0 Å². The van der Waals surface area contributed by atoms with E-state index in [1.54, 1.807) is 27.8 Å². The van der Waals surface area contributed by atoms with Crippen LogP contribution < -0.4 is 14.8 Å². The molecule has 0 unspecified atom stereocenters. The number of halogens is 1. The second kappa shape index (κ2) is 11.9. The molecule has 2 amide bonds. The average Bonchev–Trinajstić information content (AvgIpc) is 3.17. The van der Waals surface area contributed by atoms with Gasteiger partial charge in [0.1, 0.15) is 0 Å². The van der Waals surface area contributed by atoms with Crippen LogP contribution in [0.4, 0.5) is 5.69 Å². The molecular formula is C27H31ClN4O4. The van der Waals surface area contributed by atoms with Gasteiger partial charge >= 0.3 is 0 Å². The molecule has 3 aromatic rings. The highest BCUT2D eigenvalue weighted by Gasteiger charge is 2.20. The number of hydrogen-bond acceptors (Lipinski definition) is 5. The summed E-state index contributed by atoms with van der Waals surface area (Å²) in [5.41, 5.74) is 2.37. The fourth-order valence-corrected chi connectivity index (χ4v) is 4.35. The van der Waals surface area contributed by atoms with E-state index in [2.05, 4.69) is 10.4 Å². The summed E-state index contributed by atoms with van der Waals surface area (Å²) in [4.78, 5) is 27.8. The van der Waals surface area contributed by atoms with Gasteiger partial charge in [-0.05, 0) is 68.5 Å². The van der Waals surface area contributed by atoms with Gasteiger partial charge < -0.3 is 19.7 Å². The maximum atomic E-state index is 13.1. The van der Waals surface area contributed by atoms with Crippen LogP contribution in [0.15, 0.2) is 48.7 Å². The van der Waals surface area contributed by atoms with Crippen LogP contribution in [0.2, 0.25) is 5.02 Å². The van der Waals surface area contributed by atoms with E-state index in [9.17, 15) is 9.59 Å². The van der Waals surface area contributed by atoms with Gasteiger partial charge in [0, 0.05) is 31.2 Å². The summed E-state index contributed by atoms with van der Waals surface area (Å²) >= 11 is 6.21. The minimum Gasteiger partial charge on any atom is -0.490 e. The zero-order valence-corrected chi connectivity index (χ0v) is 21.4. The predicted octanol–water partition coefficient (Wildman–Crippen LogP) is 5.14. The Morgan fingerprint density at radius 2 is 1.92 bits per heavy atom. The molecule has 8 nitrogen and oxygen atoms in total. The Morgan fingerprint density at radius 3 is 2.69 bits per heavy atom. The number of carbonyl (C=O) groups is 2. The van der Waals surface area contributed by atoms with E-state index in [4.69, 9.17) is 21.1 Å². The lowest BCUT2D eigenvalue weighted by molar-refractivity contribution is -0.134. The molecule has 0 saturated heterocycles. The number of para-hydroxylation sites is 2. The first-order valence-electron chi connectivity index (χ1n) is 12.1. The number of nitrogens with one attached hydrogen (secondary N) is 1. The fraction of sp³-hybridized carbons (Fsp3) is 0.370. The molecule has 1 N–H and O–H groups in total. The van der Waals surface area contributed by atoms with Crippen molar-refractivity contribution in [3.05, 3.63) is 64.9 Å². The maximum absolute atomic E-state index is 13.1. The number of aryl methyl sites for hydroxylation is 3. The SMILES string of the molecule is Cc1nn(C)cc1CCC(=O)N1CCCCCOc2ccccc2Oc2ccc(Cl)cc2NC(=O)C1. The van der Waals surface area contributed by atoms with Gasteiger partial charge in [-0.3, -0.25) is 14.3 Å². The Labute approximate surface area is 216 Å². The number of nitrogens with zero attached hydrogens (tertiary/aromatic N) is 3. The topological polar surface area (TPSA) is 85.7 Å². The van der Waals surface area contributed by atoms with Crippen molar-refractivity contribution in [3.8, 4) is 17.2 Å². The van der Waals surface area contributed by atoms with Gasteiger partial charge in [-0.1, -0.05) is 23.7 Å². The van der Waals surface area contributed by atoms with E-state index in [0.29, 0.717) is 54.0 Å². The van der Waals surface area contributed by atoms with E-state index >= 15 is 0 Å². The van der Waals surface area contributed by atoms with E-state index in [1.165, 1.54) is 0 Å². The summed E-state index contributed by atoms with van der Waals surface area (Å²) in [6.45, 7) is 2.90. The van der Waals surface area contributed by atoms with Gasteiger partial charge in [0.2, 0.25) is 11.8 Å². The molecule has 2 aromatic carbocycles. The third-order valence-electron chi connectivity index (χ3n) is 6.03. The molecule has 9 heteroatoms. The summed E-state index contributed by atoms with van der Waals surface area (Å²) in [6, 6.07) is 12.4. The normalized spacial score (nSPS) is 14.9. The molecule has 0 radical (unpaired) electrons. The predicted molar refractivity (Wildman–Crippen MR) is 139 cm³/mol. The molecule has 0 aliphatic carbocycles. The van der Waals surface area contributed by atoms with Crippen molar-refractivity contribution in [1.29, 1.82) is 0 Å². The smallest absolute Gasteiger partial charge is 0.244 e. The van der Waals surface area contributed by atoms with Crippen LogP contribution in [0.25, 0.3) is 0 Å². The Hall–Kier alpha value is -3.52. The van der Waals surface area contributed by atoms with E-state index < -0.39 is 0 Å². The van der Waals surface area contributed by atoms with E-state index in [-0.39, 0.29) is 18.4 Å². The molecule has 0 saturated carbocycles. The highest BCUT2D eigenvalue weighted by atomic mass is 35.5. The second-order valence-electron chi connectivity index (χ2n) is 8.88. The Balaban J connectivity index is 1.52. The molecule has 190 valence electrons. The number of benzene rings is 2. The Morgan fingerprint density at radius 1 is 1.11 bits per heavy atom. The number of amides is 2. The molecule has 0 atom stereocenters. The van der Waals surface area contributed by atoms with Gasteiger partial charge in [-0.25, -0.2) is 0 Å². The first-order valence-corrected chi connectivity index (χ1v) is 12.5. The van der Waals surface area contributed by atoms with Crippen LogP contribution in [0.3, 0.4) is 0 Å². The average molecular weight is 511 g/mol. The molecule has 4 rings (SSSR count). The van der Waals surface area contributed by atoms with Crippen LogP contribution >= 0.6 is 11.6 Å². The first kappa shape index (κ1) is 25.6. The number of hydrogen-bond donors (Lipinski definition) is 1. The van der Waals surface area contributed by atoms with Crippen LogP contribution in [0, 0.1) is 6.92 Å². The lowest BCUT2D eigenvalue weighted by atomic mass is 10.1. The van der Waals surface area contributed by atoms with Crippen LogP contribution in [-0.2, 0) is 23.1 Å². The quantitative estimate of drug-likeness (QED) is 0.527. The molecule has 36 heavy (non-hydrogen) atoms. The number of carbonyl (C=O) groups excluding carboxylic acids is 2. The van der Waals surface area contributed by atoms with Crippen molar-refractivity contribution >= 4 is 29.1 Å². The molecule has 1 aliphatic heterocycles. The summed E-state index contributed by atoms with van der Waals surface area (Å²) in [5, 5.41) is 7.68. The minimum atomic E-state index is -0.313. The molecule has 0 bridgehead atoms. The third kappa shape index (κ3) is 6.79. The fourth-order valence-electron chi connectivity index (χ4n) is 4.17. The lowest BCUT2D eigenvalue weighted by Gasteiger charge is -2.22. The molecular weight excluding hydrogens is 480 g/mol. The highest BCUT2D eigenvalue weighted by Crippen LogP contribution is 2.36. The van der Waals surface area contributed by atoms with Crippen molar-refractivity contribution in [3.63, 3.8) is 0 Å². The molecule has 1 aliphatic rings. The summed E-state index contributed by atoms with van der Waals surface area (Å²) in [5.74, 6) is 1.23. The van der Waals surface area contributed by atoms with Gasteiger partial charge in [0.25, 0.3) is 0 Å². The van der Waals surface area contributed by atoms with Gasteiger partial charge in [-0.2, -0.15) is 5.10 Å². The van der Waals surface area contributed by atoms with Crippen LogP contribution in [0.5, 0.6) is 17.2 Å². The van der Waals surface area contributed by atoms with Crippen LogP contribution in [0.1, 0.15) is 36.9 Å². The van der Waals surface area contributed by atoms with Gasteiger partial charge in [-0.15, -0.1) is 0 Å². The number of rotatable bonds is 3. The van der Waals surface area contributed by atoms with Crippen molar-refractivity contribution in [1.82, 2.24) is 14.7 Å². The Bertz CT molecular complexity index is 1230. The van der Waals surface area contributed by atoms with Gasteiger partial charge in [0.15, 0.2) is 17.2 Å². The number of fused-ring (bicyclic) bond motifs is 2. The van der Waals surface area contributed by atoms with E-state index in [0.717, 1.165) is 30.5 Å². The number of anilines is 1. The van der Waals surface area contributed by atoms with Crippen molar-refractivity contribution < 1.29 is 19.1 Å². The van der Waals surface area contributed by atoms with E-state index in [1.807, 2.05) is 44.4 Å². The summed E-state index contributed by atoms with van der Waals surface area (Å²) < 4.78 is 13.8. The minimum absolute atomic E-state index is 0.0517. The summed E-state index contributed by atoms with van der Waals surface area (Å²) in [7, 11) is 1.86. The zero-order valence-electron chi connectivity index (χ0n) is 20.6. The van der Waals surface area contributed by atoms with Crippen LogP contribution in [-0.4, -0.2) is 46.2 Å². The number of ether oxygens (including phenoxy) is 2. The first-order chi connectivity index (χ1) is 17.4. The zero-order chi connectivity index (χ0) is 25.5. The largest absolute Gasteiger partial charge is 0.490 e. The lowest BCUT2D eigenvalue weighted by Crippen LogP contribution is -2.38.